The molecule has 0 aliphatic rings. The zero-order valence-corrected chi connectivity index (χ0v) is 77.4. The maximum absolute atomic E-state index is 5.71. The highest BCUT2D eigenvalue weighted by Crippen LogP contribution is 2.43. The monoisotopic (exact) mass is 1400 g/mol. The van der Waals surface area contributed by atoms with Crippen LogP contribution in [-0.4, -0.2) is 26.4 Å². The van der Waals surface area contributed by atoms with E-state index in [0.29, 0.717) is 70.4 Å². The van der Waals surface area contributed by atoms with Crippen molar-refractivity contribution in [2.45, 2.75) is 446 Å². The van der Waals surface area contributed by atoms with Crippen molar-refractivity contribution < 1.29 is 9.47 Å². The van der Waals surface area contributed by atoms with Crippen LogP contribution in [0.2, 0.25) is 0 Å². The number of hydrogen-bond acceptors (Lipinski definition) is 2. The van der Waals surface area contributed by atoms with Gasteiger partial charge in [0.2, 0.25) is 0 Å². The lowest BCUT2D eigenvalue weighted by Gasteiger charge is -2.39. The maximum Gasteiger partial charge on any atom is 0.0514 e. The first-order valence-electron chi connectivity index (χ1n) is 40.4. The molecule has 0 bridgehead atoms. The molecule has 0 fully saturated rings. The normalized spacial score (nSPS) is 13.5. The molecule has 598 valence electrons. The smallest absolute Gasteiger partial charge is 0.0514 e. The van der Waals surface area contributed by atoms with Crippen molar-refractivity contribution in [2.24, 2.45) is 75.8 Å². The minimum atomic E-state index is 0. The molecule has 0 unspecified atom stereocenters. The van der Waals surface area contributed by atoms with Crippen LogP contribution in [0.5, 0.6) is 0 Å². The van der Waals surface area contributed by atoms with Gasteiger partial charge in [0.05, 0.1) is 13.2 Å². The van der Waals surface area contributed by atoms with E-state index in [1.165, 1.54) is 119 Å². The fraction of sp³-hybridized carbons (Fsp3) is 0.857. The van der Waals surface area contributed by atoms with Crippen molar-refractivity contribution >= 4 is 0 Å². The second-order valence-electron chi connectivity index (χ2n) is 48.1. The molecule has 2 heteroatoms. The molecule has 0 N–H and O–H groups in total. The minimum absolute atomic E-state index is 0. The average Bonchev–Trinajstić information content (AvgIpc) is 0.800. The van der Waals surface area contributed by atoms with Crippen molar-refractivity contribution in [2.75, 3.05) is 26.4 Å². The van der Waals surface area contributed by atoms with E-state index >= 15 is 0 Å². The van der Waals surface area contributed by atoms with Crippen LogP contribution in [0.3, 0.4) is 0 Å². The first-order valence-corrected chi connectivity index (χ1v) is 40.4. The maximum atomic E-state index is 5.71. The van der Waals surface area contributed by atoms with Crippen LogP contribution in [0.1, 0.15) is 444 Å². The van der Waals surface area contributed by atoms with Gasteiger partial charge in [-0.1, -0.05) is 412 Å². The van der Waals surface area contributed by atoms with Gasteiger partial charge in [-0.2, -0.15) is 0 Å². The highest BCUT2D eigenvalue weighted by atomic mass is 16.5. The van der Waals surface area contributed by atoms with E-state index in [1.54, 1.807) is 0 Å². The van der Waals surface area contributed by atoms with Crippen LogP contribution in [0.15, 0.2) is 60.7 Å². The molecule has 0 aromatic heterocycles. The predicted octanol–water partition coefficient (Wildman–Crippen LogP) is 33.7. The van der Waals surface area contributed by atoms with Crippen molar-refractivity contribution in [3.63, 3.8) is 0 Å². The molecule has 0 saturated carbocycles. The number of rotatable bonds is 21. The first-order chi connectivity index (χ1) is 43.4. The van der Waals surface area contributed by atoms with E-state index in [1.807, 2.05) is 0 Å². The largest absolute Gasteiger partial charge is 0.381 e. The van der Waals surface area contributed by atoms with Gasteiger partial charge in [0.15, 0.2) is 0 Å². The standard InChI is InChI=1S/C18H30.C15H32O.C15H24.C13H28.C13H26.C12H26O.C11H24.CH4/c1-16(2,3)13-14-9-11-15(12-10-14)18(7,8)17(4,5)6;1-13(2,3)12-16-11-9-10-15(7,8)14(4,5)6;1-14(2,3)11-12-7-9-13(10-8-12)15(4,5)6;2*1-12(2,3)10-8-7-9-11-13(4,5)6;1-11(2,3)8-7-9-13-10-12(4,5)6;1-10(2,3)8-7-9-11(4,5)6;/h9-12H,13H2,1-8H3;9-12H2,1-8H3;7-10H,11H2,1-6H3;7-11H2,1-6H3;7-8H,9-11H2,1-6H3;7-10H2,1-6H3;7-9H2,1-6H3;1H4/b;;;;8-7+;;;. The summed E-state index contributed by atoms with van der Waals surface area (Å²) < 4.78 is 11.3. The van der Waals surface area contributed by atoms with E-state index < -0.39 is 0 Å². The SMILES string of the molecule is C.CC(C)(C)C/C=C/CCC(C)(C)C.CC(C)(C)CCCC(C)(C)C.CC(C)(C)CCCCCC(C)(C)C.CC(C)(C)CCCOCC(C)(C)C.CC(C)(C)COCCCC(C)(C)C(C)(C)C.CC(C)(C)Cc1ccc(C(C)(C)C(C)(C)C)cc1.CC(C)(C)Cc1ccc(C(C)(C)C)cc1. The molecular weight excluding hydrogens is 1210 g/mol. The highest BCUT2D eigenvalue weighted by molar-refractivity contribution is 5.30. The Hall–Kier alpha value is -1.90. The summed E-state index contributed by atoms with van der Waals surface area (Å²) in [4.78, 5) is 0. The topological polar surface area (TPSA) is 18.5 Å². The summed E-state index contributed by atoms with van der Waals surface area (Å²) in [6, 6.07) is 18.3. The third-order valence-electron chi connectivity index (χ3n) is 18.4. The Morgan fingerprint density at radius 3 is 0.810 bits per heavy atom. The Morgan fingerprint density at radius 2 is 0.550 bits per heavy atom. The Morgan fingerprint density at radius 1 is 0.260 bits per heavy atom. The van der Waals surface area contributed by atoms with E-state index in [-0.39, 0.29) is 23.7 Å². The van der Waals surface area contributed by atoms with Crippen LogP contribution < -0.4 is 0 Å². The van der Waals surface area contributed by atoms with Crippen LogP contribution in [0, 0.1) is 75.8 Å². The second kappa shape index (κ2) is 46.3. The zero-order valence-electron chi connectivity index (χ0n) is 77.4. The van der Waals surface area contributed by atoms with Gasteiger partial charge in [0.25, 0.3) is 0 Å². The summed E-state index contributed by atoms with van der Waals surface area (Å²) in [5.74, 6) is 0. The minimum Gasteiger partial charge on any atom is -0.381 e. The Balaban J connectivity index is -0.000000259. The lowest BCUT2D eigenvalue weighted by atomic mass is 9.65. The van der Waals surface area contributed by atoms with Gasteiger partial charge in [-0.05, 0) is 192 Å². The summed E-state index contributed by atoms with van der Waals surface area (Å²) in [5, 5.41) is 0. The number of ether oxygens (including phenoxy) is 2. The Bertz CT molecular complexity index is 2200. The molecule has 2 aromatic rings. The van der Waals surface area contributed by atoms with Gasteiger partial charge in [-0.15, -0.1) is 0 Å². The number of unbranched alkanes of at least 4 members (excludes halogenated alkanes) is 2. The van der Waals surface area contributed by atoms with Crippen molar-refractivity contribution in [3.8, 4) is 0 Å². The lowest BCUT2D eigenvalue weighted by Crippen LogP contribution is -2.33. The molecule has 0 atom stereocenters. The molecular formula is C98H194O2. The van der Waals surface area contributed by atoms with Crippen molar-refractivity contribution in [3.05, 3.63) is 82.9 Å². The zero-order chi connectivity index (χ0) is 79.6. The molecule has 0 spiro atoms. The van der Waals surface area contributed by atoms with Gasteiger partial charge in [-0.3, -0.25) is 0 Å². The van der Waals surface area contributed by atoms with Crippen LogP contribution >= 0.6 is 0 Å². The molecule has 0 aliphatic heterocycles. The highest BCUT2D eigenvalue weighted by Gasteiger charge is 2.35. The summed E-state index contributed by atoms with van der Waals surface area (Å²) in [7, 11) is 0. The number of hydrogen-bond donors (Lipinski definition) is 0. The van der Waals surface area contributed by atoms with Gasteiger partial charge < -0.3 is 9.47 Å². The van der Waals surface area contributed by atoms with Crippen LogP contribution in [-0.2, 0) is 33.1 Å². The molecule has 0 radical (unpaired) electrons. The van der Waals surface area contributed by atoms with Gasteiger partial charge in [0.1, 0.15) is 0 Å². The summed E-state index contributed by atoms with van der Waals surface area (Å²) in [6.07, 6.45) is 26.5. The second-order valence-corrected chi connectivity index (χ2v) is 48.1. The third kappa shape index (κ3) is 77.2. The van der Waals surface area contributed by atoms with Crippen molar-refractivity contribution in [1.82, 2.24) is 0 Å². The molecule has 2 aromatic carbocycles. The van der Waals surface area contributed by atoms with Crippen molar-refractivity contribution in [1.29, 1.82) is 0 Å². The van der Waals surface area contributed by atoms with Gasteiger partial charge in [-0.25, -0.2) is 0 Å². The molecule has 0 amide bonds. The fourth-order valence-corrected chi connectivity index (χ4v) is 9.98. The number of benzene rings is 2. The lowest BCUT2D eigenvalue weighted by molar-refractivity contribution is 0.0507. The predicted molar refractivity (Wildman–Crippen MR) is 465 cm³/mol. The third-order valence-corrected chi connectivity index (χ3v) is 18.4. The fourth-order valence-electron chi connectivity index (χ4n) is 9.98. The molecule has 2 nitrogen and oxygen atoms in total. The first kappa shape index (κ1) is 109. The van der Waals surface area contributed by atoms with Gasteiger partial charge >= 0.3 is 0 Å². The molecule has 0 heterocycles. The Kier molecular flexibility index (Phi) is 50.5. The number of allylic oxidation sites excluding steroid dienone is 2. The van der Waals surface area contributed by atoms with Gasteiger partial charge in [0, 0.05) is 13.2 Å². The molecule has 0 saturated heterocycles. The summed E-state index contributed by atoms with van der Waals surface area (Å²) in [6.45, 7) is 109. The molecule has 2 rings (SSSR count). The van der Waals surface area contributed by atoms with E-state index in [2.05, 4.69) is 379 Å². The summed E-state index contributed by atoms with van der Waals surface area (Å²) >= 11 is 0. The van der Waals surface area contributed by atoms with E-state index in [4.69, 9.17) is 9.47 Å². The average molecular weight is 1400 g/mol. The van der Waals surface area contributed by atoms with Crippen LogP contribution in [0.25, 0.3) is 0 Å². The Labute approximate surface area is 636 Å². The quantitative estimate of drug-likeness (QED) is 0.0916. The molecule has 100 heavy (non-hydrogen) atoms. The van der Waals surface area contributed by atoms with E-state index in [9.17, 15) is 0 Å². The van der Waals surface area contributed by atoms with E-state index in [0.717, 1.165) is 39.3 Å². The molecule has 0 aliphatic carbocycles. The van der Waals surface area contributed by atoms with Crippen LogP contribution in [0.4, 0.5) is 0 Å². The summed E-state index contributed by atoms with van der Waals surface area (Å²) in [5.41, 5.74) is 12.0.